The Bertz CT molecular complexity index is 1490. The van der Waals surface area contributed by atoms with Gasteiger partial charge in [0.2, 0.25) is 0 Å². The van der Waals surface area contributed by atoms with Gasteiger partial charge in [-0.3, -0.25) is 0 Å². The van der Waals surface area contributed by atoms with Crippen LogP contribution in [0, 0.1) is 5.82 Å². The molecule has 8 heteroatoms. The maximum Gasteiger partial charge on any atom is 0.353 e. The van der Waals surface area contributed by atoms with Crippen LogP contribution in [-0.4, -0.2) is 25.6 Å². The molecule has 33 heavy (non-hydrogen) atoms. The van der Waals surface area contributed by atoms with Crippen molar-refractivity contribution in [2.24, 2.45) is 0 Å². The van der Waals surface area contributed by atoms with Crippen molar-refractivity contribution in [1.82, 2.24) is 14.5 Å². The number of carbonyl (C=O) groups is 1. The largest absolute Gasteiger partial charge is 0.477 e. The molecule has 0 saturated carbocycles. The first-order valence-electron chi connectivity index (χ1n) is 10.0. The third-order valence-electron chi connectivity index (χ3n) is 5.43. The Kier molecular flexibility index (Phi) is 5.40. The number of nitrogens with one attached hydrogen (secondary N) is 1. The maximum absolute atomic E-state index is 13.6. The van der Waals surface area contributed by atoms with Gasteiger partial charge in [0.05, 0.1) is 17.7 Å². The number of hydrogen-bond acceptors (Lipinski definition) is 2. The molecule has 0 atom stereocenters. The number of imidazole rings is 1. The van der Waals surface area contributed by atoms with Gasteiger partial charge in [0.15, 0.2) is 0 Å². The zero-order valence-electron chi connectivity index (χ0n) is 17.0. The van der Waals surface area contributed by atoms with Crippen molar-refractivity contribution >= 4 is 40.1 Å². The molecule has 5 nitrogen and oxygen atoms in total. The van der Waals surface area contributed by atoms with Crippen molar-refractivity contribution < 1.29 is 14.3 Å². The summed E-state index contributed by atoms with van der Waals surface area (Å²) in [6, 6.07) is 18.5. The van der Waals surface area contributed by atoms with Crippen molar-refractivity contribution in [3.8, 4) is 22.5 Å². The molecule has 0 saturated heterocycles. The molecule has 0 bridgehead atoms. The Morgan fingerprint density at radius 2 is 1.70 bits per heavy atom. The number of carboxylic acid groups (broad SMARTS) is 1. The molecule has 0 aliphatic heterocycles. The molecule has 0 fully saturated rings. The van der Waals surface area contributed by atoms with Crippen LogP contribution in [0.4, 0.5) is 4.39 Å². The lowest BCUT2D eigenvalue weighted by molar-refractivity contribution is 0.0692. The topological polar surface area (TPSA) is 70.9 Å². The number of nitrogens with zero attached hydrogens (tertiary/aromatic N) is 2. The molecule has 0 aliphatic rings. The van der Waals surface area contributed by atoms with E-state index >= 15 is 0 Å². The lowest BCUT2D eigenvalue weighted by Crippen LogP contribution is -2.05. The molecular weight excluding hydrogens is 464 g/mol. The smallest absolute Gasteiger partial charge is 0.353 e. The minimum Gasteiger partial charge on any atom is -0.477 e. The van der Waals surface area contributed by atoms with Crippen LogP contribution in [0.15, 0.2) is 73.1 Å². The lowest BCUT2D eigenvalue weighted by atomic mass is 10.0. The van der Waals surface area contributed by atoms with E-state index in [9.17, 15) is 14.3 Å². The summed E-state index contributed by atoms with van der Waals surface area (Å²) in [6.07, 6.45) is 1.66. The number of aromatic nitrogens is 3. The maximum atomic E-state index is 13.6. The lowest BCUT2D eigenvalue weighted by Gasteiger charge is -2.12. The highest BCUT2D eigenvalue weighted by molar-refractivity contribution is 6.31. The number of carboxylic acids is 1. The number of halogens is 3. The van der Waals surface area contributed by atoms with E-state index in [4.69, 9.17) is 23.2 Å². The van der Waals surface area contributed by atoms with E-state index in [-0.39, 0.29) is 11.5 Å². The standard InChI is InChI=1S/C25H16Cl2FN3O2/c26-16-5-1-14(2-6-16)12-31-13-29-22(15-3-8-18(28)9-4-15)24(31)21-19-10-7-17(27)11-20(19)30-23(21)25(32)33/h1-11,13,30H,12H2,(H,32,33). The summed E-state index contributed by atoms with van der Waals surface area (Å²) < 4.78 is 15.5. The van der Waals surface area contributed by atoms with E-state index in [0.717, 1.165) is 5.56 Å². The summed E-state index contributed by atoms with van der Waals surface area (Å²) in [5, 5.41) is 11.8. The van der Waals surface area contributed by atoms with Gasteiger partial charge in [-0.15, -0.1) is 0 Å². The Morgan fingerprint density at radius 3 is 2.39 bits per heavy atom. The second kappa shape index (κ2) is 8.39. The number of aromatic amines is 1. The van der Waals surface area contributed by atoms with E-state index in [0.29, 0.717) is 50.0 Å². The first kappa shape index (κ1) is 21.2. The van der Waals surface area contributed by atoms with Crippen LogP contribution in [0.1, 0.15) is 16.1 Å². The van der Waals surface area contributed by atoms with Gasteiger partial charge in [-0.2, -0.15) is 0 Å². The highest BCUT2D eigenvalue weighted by atomic mass is 35.5. The average molecular weight is 480 g/mol. The van der Waals surface area contributed by atoms with Crippen LogP contribution >= 0.6 is 23.2 Å². The molecule has 0 aliphatic carbocycles. The molecule has 5 aromatic rings. The third-order valence-corrected chi connectivity index (χ3v) is 5.92. The van der Waals surface area contributed by atoms with Crippen LogP contribution in [0.2, 0.25) is 10.0 Å². The fourth-order valence-electron chi connectivity index (χ4n) is 3.95. The summed E-state index contributed by atoms with van der Waals surface area (Å²) in [4.78, 5) is 19.8. The van der Waals surface area contributed by atoms with Gasteiger partial charge in [-0.1, -0.05) is 41.4 Å². The zero-order chi connectivity index (χ0) is 23.1. The summed E-state index contributed by atoms with van der Waals surface area (Å²) in [6.45, 7) is 0.431. The predicted octanol–water partition coefficient (Wildman–Crippen LogP) is 6.89. The van der Waals surface area contributed by atoms with Crippen LogP contribution in [0.25, 0.3) is 33.4 Å². The fraction of sp³-hybridized carbons (Fsp3) is 0.0400. The van der Waals surface area contributed by atoms with E-state index in [1.165, 1.54) is 12.1 Å². The van der Waals surface area contributed by atoms with E-state index in [1.54, 1.807) is 48.8 Å². The normalized spacial score (nSPS) is 11.2. The molecule has 164 valence electrons. The van der Waals surface area contributed by atoms with Crippen molar-refractivity contribution in [3.63, 3.8) is 0 Å². The number of H-pyrrole nitrogens is 1. The van der Waals surface area contributed by atoms with E-state index < -0.39 is 5.97 Å². The Hall–Kier alpha value is -3.61. The summed E-state index contributed by atoms with van der Waals surface area (Å²) in [5.74, 6) is -1.48. The van der Waals surface area contributed by atoms with Crippen molar-refractivity contribution in [2.45, 2.75) is 6.54 Å². The molecule has 0 radical (unpaired) electrons. The number of rotatable bonds is 5. The molecule has 0 spiro atoms. The minimum atomic E-state index is -1.11. The summed E-state index contributed by atoms with van der Waals surface area (Å²) in [5.41, 5.74) is 3.88. The molecule has 0 amide bonds. The van der Waals surface area contributed by atoms with Gasteiger partial charge >= 0.3 is 5.97 Å². The zero-order valence-corrected chi connectivity index (χ0v) is 18.5. The Morgan fingerprint density at radius 1 is 1.00 bits per heavy atom. The summed E-state index contributed by atoms with van der Waals surface area (Å²) >= 11 is 12.2. The second-order valence-electron chi connectivity index (χ2n) is 7.57. The second-order valence-corrected chi connectivity index (χ2v) is 8.45. The predicted molar refractivity (Wildman–Crippen MR) is 127 cm³/mol. The number of aromatic carboxylic acids is 1. The first-order valence-corrected chi connectivity index (χ1v) is 10.8. The van der Waals surface area contributed by atoms with Crippen LogP contribution in [-0.2, 0) is 6.54 Å². The number of fused-ring (bicyclic) bond motifs is 1. The van der Waals surface area contributed by atoms with Crippen LogP contribution in [0.3, 0.4) is 0 Å². The highest BCUT2D eigenvalue weighted by Crippen LogP contribution is 2.39. The van der Waals surface area contributed by atoms with Crippen molar-refractivity contribution in [2.75, 3.05) is 0 Å². The molecule has 2 N–H and O–H groups in total. The van der Waals surface area contributed by atoms with Crippen molar-refractivity contribution in [3.05, 3.63) is 100 Å². The van der Waals surface area contributed by atoms with E-state index in [1.807, 2.05) is 16.7 Å². The van der Waals surface area contributed by atoms with Gasteiger partial charge in [0, 0.05) is 38.6 Å². The van der Waals surface area contributed by atoms with Gasteiger partial charge in [-0.25, -0.2) is 14.2 Å². The monoisotopic (exact) mass is 479 g/mol. The van der Waals surface area contributed by atoms with E-state index in [2.05, 4.69) is 9.97 Å². The van der Waals surface area contributed by atoms with Gasteiger partial charge in [0.25, 0.3) is 0 Å². The van der Waals surface area contributed by atoms with Crippen LogP contribution < -0.4 is 0 Å². The molecular formula is C25H16Cl2FN3O2. The molecule has 2 aromatic heterocycles. The Balaban J connectivity index is 1.78. The van der Waals surface area contributed by atoms with Gasteiger partial charge in [0.1, 0.15) is 11.5 Å². The fourth-order valence-corrected chi connectivity index (χ4v) is 4.24. The average Bonchev–Trinajstić information content (AvgIpc) is 3.36. The van der Waals surface area contributed by atoms with Crippen molar-refractivity contribution in [1.29, 1.82) is 0 Å². The highest BCUT2D eigenvalue weighted by Gasteiger charge is 2.25. The number of hydrogen-bond donors (Lipinski definition) is 2. The first-order chi connectivity index (χ1) is 15.9. The number of benzene rings is 3. The summed E-state index contributed by atoms with van der Waals surface area (Å²) in [7, 11) is 0. The van der Waals surface area contributed by atoms with Gasteiger partial charge in [-0.05, 0) is 54.1 Å². The molecule has 3 aromatic carbocycles. The van der Waals surface area contributed by atoms with Crippen LogP contribution in [0.5, 0.6) is 0 Å². The molecule has 5 rings (SSSR count). The van der Waals surface area contributed by atoms with Gasteiger partial charge < -0.3 is 14.7 Å². The molecule has 0 unspecified atom stereocenters. The Labute approximate surface area is 198 Å². The SMILES string of the molecule is O=C(O)c1[nH]c2cc(Cl)ccc2c1-c1c(-c2ccc(F)cc2)ncn1Cc1ccc(Cl)cc1. The molecule has 2 heterocycles. The quantitative estimate of drug-likeness (QED) is 0.288. The third kappa shape index (κ3) is 3.99. The minimum absolute atomic E-state index is 0.0217.